The summed E-state index contributed by atoms with van der Waals surface area (Å²) in [7, 11) is 0. The molecule has 19 heavy (non-hydrogen) atoms. The molecule has 0 aliphatic carbocycles. The van der Waals surface area contributed by atoms with Crippen LogP contribution in [0, 0.1) is 6.92 Å². The quantitative estimate of drug-likeness (QED) is 0.882. The van der Waals surface area contributed by atoms with Crippen LogP contribution in [0.5, 0.6) is 0 Å². The van der Waals surface area contributed by atoms with Gasteiger partial charge in [-0.1, -0.05) is 18.2 Å². The number of anilines is 2. The first kappa shape index (κ1) is 13.1. The Labute approximate surface area is 112 Å². The van der Waals surface area contributed by atoms with Crippen LogP contribution in [0.25, 0.3) is 0 Å². The number of aromatic nitrogens is 1. The number of hydrogen-bond acceptors (Lipinski definition) is 3. The first-order valence-electron chi connectivity index (χ1n) is 6.28. The van der Waals surface area contributed by atoms with Gasteiger partial charge in [-0.25, -0.2) is 4.98 Å². The van der Waals surface area contributed by atoms with Gasteiger partial charge in [0.1, 0.15) is 5.82 Å². The molecule has 1 aromatic carbocycles. The fourth-order valence-corrected chi connectivity index (χ4v) is 1.82. The lowest BCUT2D eigenvalue weighted by molar-refractivity contribution is 0.102. The molecule has 98 valence electrons. The number of hydrogen-bond donors (Lipinski definition) is 2. The molecule has 0 unspecified atom stereocenters. The average molecular weight is 255 g/mol. The number of carbonyl (C=O) groups excluding carboxylic acids is 1. The van der Waals surface area contributed by atoms with Crippen LogP contribution in [-0.2, 0) is 0 Å². The molecule has 1 aromatic heterocycles. The predicted octanol–water partition coefficient (Wildman–Crippen LogP) is 3.07. The lowest BCUT2D eigenvalue weighted by Gasteiger charge is -2.10. The van der Waals surface area contributed by atoms with Crippen molar-refractivity contribution in [2.75, 3.05) is 17.2 Å². The molecule has 2 rings (SSSR count). The summed E-state index contributed by atoms with van der Waals surface area (Å²) >= 11 is 0. The number of rotatable bonds is 4. The molecular formula is C15H17N3O. The van der Waals surface area contributed by atoms with Gasteiger partial charge in [0.05, 0.1) is 5.56 Å². The highest BCUT2D eigenvalue weighted by atomic mass is 16.1. The van der Waals surface area contributed by atoms with E-state index in [4.69, 9.17) is 0 Å². The Morgan fingerprint density at radius 1 is 1.16 bits per heavy atom. The molecule has 0 saturated heterocycles. The Morgan fingerprint density at radius 3 is 2.68 bits per heavy atom. The maximum atomic E-state index is 12.2. The maximum absolute atomic E-state index is 12.2. The molecule has 0 fully saturated rings. The van der Waals surface area contributed by atoms with E-state index < -0.39 is 0 Å². The van der Waals surface area contributed by atoms with Crippen LogP contribution < -0.4 is 10.6 Å². The maximum Gasteiger partial charge on any atom is 0.258 e. The number of nitrogens with one attached hydrogen (secondary N) is 2. The molecule has 0 aliphatic rings. The normalized spacial score (nSPS) is 10.0. The minimum atomic E-state index is -0.158. The van der Waals surface area contributed by atoms with Gasteiger partial charge in [-0.2, -0.15) is 0 Å². The monoisotopic (exact) mass is 255 g/mol. The molecule has 2 N–H and O–H groups in total. The Bertz CT molecular complexity index is 581. The molecule has 0 aliphatic heterocycles. The fourth-order valence-electron chi connectivity index (χ4n) is 1.82. The van der Waals surface area contributed by atoms with E-state index in [1.165, 1.54) is 0 Å². The Kier molecular flexibility index (Phi) is 4.13. The lowest BCUT2D eigenvalue weighted by Crippen LogP contribution is -2.15. The molecule has 1 heterocycles. The first-order valence-corrected chi connectivity index (χ1v) is 6.28. The largest absolute Gasteiger partial charge is 0.385 e. The van der Waals surface area contributed by atoms with E-state index in [1.807, 2.05) is 44.2 Å². The fraction of sp³-hybridized carbons (Fsp3) is 0.200. The molecule has 0 spiro atoms. The summed E-state index contributed by atoms with van der Waals surface area (Å²) in [5.41, 5.74) is 2.32. The van der Waals surface area contributed by atoms with E-state index in [2.05, 4.69) is 15.6 Å². The van der Waals surface area contributed by atoms with Crippen LogP contribution >= 0.6 is 0 Å². The topological polar surface area (TPSA) is 54.0 Å². The third-order valence-corrected chi connectivity index (χ3v) is 2.67. The second-order valence-electron chi connectivity index (χ2n) is 4.19. The Balaban J connectivity index is 2.20. The average Bonchev–Trinajstić information content (AvgIpc) is 2.39. The van der Waals surface area contributed by atoms with Crippen LogP contribution in [-0.4, -0.2) is 17.4 Å². The number of benzene rings is 1. The van der Waals surface area contributed by atoms with E-state index in [-0.39, 0.29) is 5.91 Å². The molecule has 0 saturated carbocycles. The molecule has 0 bridgehead atoms. The van der Waals surface area contributed by atoms with E-state index in [9.17, 15) is 4.79 Å². The van der Waals surface area contributed by atoms with Crippen molar-refractivity contribution < 1.29 is 4.79 Å². The number of amides is 1. The van der Waals surface area contributed by atoms with Crippen LogP contribution in [0.4, 0.5) is 11.5 Å². The highest BCUT2D eigenvalue weighted by Crippen LogP contribution is 2.16. The summed E-state index contributed by atoms with van der Waals surface area (Å²) in [5.74, 6) is 0.408. The van der Waals surface area contributed by atoms with Crippen LogP contribution in [0.3, 0.4) is 0 Å². The van der Waals surface area contributed by atoms with Crippen molar-refractivity contribution in [3.05, 3.63) is 53.7 Å². The van der Waals surface area contributed by atoms with Crippen molar-refractivity contribution in [3.8, 4) is 0 Å². The summed E-state index contributed by atoms with van der Waals surface area (Å²) in [6.07, 6.45) is 0. The first-order chi connectivity index (χ1) is 9.20. The van der Waals surface area contributed by atoms with Gasteiger partial charge in [-0.3, -0.25) is 4.79 Å². The molecule has 4 heteroatoms. The predicted molar refractivity (Wildman–Crippen MR) is 77.5 cm³/mol. The van der Waals surface area contributed by atoms with Gasteiger partial charge in [0, 0.05) is 17.9 Å². The molecule has 1 amide bonds. The number of aryl methyl sites for hydroxylation is 1. The molecule has 0 radical (unpaired) electrons. The summed E-state index contributed by atoms with van der Waals surface area (Å²) in [5, 5.41) is 5.98. The smallest absolute Gasteiger partial charge is 0.258 e. The summed E-state index contributed by atoms with van der Waals surface area (Å²) in [4.78, 5) is 16.5. The summed E-state index contributed by atoms with van der Waals surface area (Å²) in [6, 6.07) is 13.0. The minimum Gasteiger partial charge on any atom is -0.385 e. The van der Waals surface area contributed by atoms with Crippen molar-refractivity contribution in [2.45, 2.75) is 13.8 Å². The highest BCUT2D eigenvalue weighted by molar-refractivity contribution is 6.07. The van der Waals surface area contributed by atoms with Gasteiger partial charge in [0.15, 0.2) is 0 Å². The molecule has 4 nitrogen and oxygen atoms in total. The molecular weight excluding hydrogens is 238 g/mol. The lowest BCUT2D eigenvalue weighted by atomic mass is 10.1. The third-order valence-electron chi connectivity index (χ3n) is 2.67. The molecule has 0 atom stereocenters. The Morgan fingerprint density at radius 2 is 1.95 bits per heavy atom. The number of carbonyl (C=O) groups is 1. The van der Waals surface area contributed by atoms with Crippen LogP contribution in [0.1, 0.15) is 23.0 Å². The minimum absolute atomic E-state index is 0.158. The van der Waals surface area contributed by atoms with Gasteiger partial charge in [0.2, 0.25) is 0 Å². The number of nitrogens with zero attached hydrogens (tertiary/aromatic N) is 1. The van der Waals surface area contributed by atoms with Crippen LogP contribution in [0.2, 0.25) is 0 Å². The SMILES string of the molecule is CCNc1ccccc1C(=O)Nc1cccc(C)n1. The number of para-hydroxylation sites is 1. The molecule has 2 aromatic rings. The zero-order valence-corrected chi connectivity index (χ0v) is 11.1. The van der Waals surface area contributed by atoms with Crippen molar-refractivity contribution >= 4 is 17.4 Å². The van der Waals surface area contributed by atoms with E-state index in [0.29, 0.717) is 11.4 Å². The van der Waals surface area contributed by atoms with Gasteiger partial charge < -0.3 is 10.6 Å². The van der Waals surface area contributed by atoms with E-state index in [1.54, 1.807) is 12.1 Å². The van der Waals surface area contributed by atoms with Crippen molar-refractivity contribution in [1.82, 2.24) is 4.98 Å². The second-order valence-corrected chi connectivity index (χ2v) is 4.19. The summed E-state index contributed by atoms with van der Waals surface area (Å²) in [6.45, 7) is 4.66. The van der Waals surface area contributed by atoms with Crippen LogP contribution in [0.15, 0.2) is 42.5 Å². The Hall–Kier alpha value is -2.36. The van der Waals surface area contributed by atoms with Gasteiger partial charge in [-0.15, -0.1) is 0 Å². The van der Waals surface area contributed by atoms with E-state index in [0.717, 1.165) is 17.9 Å². The van der Waals surface area contributed by atoms with Gasteiger partial charge >= 0.3 is 0 Å². The number of pyridine rings is 1. The van der Waals surface area contributed by atoms with E-state index >= 15 is 0 Å². The zero-order valence-electron chi connectivity index (χ0n) is 11.1. The van der Waals surface area contributed by atoms with Crippen molar-refractivity contribution in [1.29, 1.82) is 0 Å². The summed E-state index contributed by atoms with van der Waals surface area (Å²) < 4.78 is 0. The van der Waals surface area contributed by atoms with Crippen molar-refractivity contribution in [3.63, 3.8) is 0 Å². The third kappa shape index (κ3) is 3.31. The standard InChI is InChI=1S/C15H17N3O/c1-3-16-13-9-5-4-8-12(13)15(19)18-14-10-6-7-11(2)17-14/h4-10,16H,3H2,1-2H3,(H,17,18,19). The second kappa shape index (κ2) is 6.00. The van der Waals surface area contributed by atoms with Crippen molar-refractivity contribution in [2.24, 2.45) is 0 Å². The highest BCUT2D eigenvalue weighted by Gasteiger charge is 2.10. The van der Waals surface area contributed by atoms with Gasteiger partial charge in [-0.05, 0) is 38.1 Å². The van der Waals surface area contributed by atoms with Gasteiger partial charge in [0.25, 0.3) is 5.91 Å². The zero-order chi connectivity index (χ0) is 13.7.